The molecule has 0 saturated carbocycles. The minimum Gasteiger partial charge on any atom is -0.486 e. The number of para-hydroxylation sites is 1. The number of nitrogens with zero attached hydrogens (tertiary/aromatic N) is 2. The predicted molar refractivity (Wildman–Crippen MR) is 139 cm³/mol. The Bertz CT molecular complexity index is 1540. The summed E-state index contributed by atoms with van der Waals surface area (Å²) < 4.78 is 18.2. The molecule has 176 valence electrons. The van der Waals surface area contributed by atoms with Gasteiger partial charge in [-0.05, 0) is 31.2 Å². The smallest absolute Gasteiger partial charge is 0.293 e. The molecule has 1 aliphatic heterocycles. The van der Waals surface area contributed by atoms with Crippen molar-refractivity contribution in [3.05, 3.63) is 70.2 Å². The number of benzene rings is 2. The highest BCUT2D eigenvalue weighted by Crippen LogP contribution is 2.36. The van der Waals surface area contributed by atoms with E-state index in [0.717, 1.165) is 38.0 Å². The minimum atomic E-state index is -0.324. The van der Waals surface area contributed by atoms with Gasteiger partial charge in [-0.1, -0.05) is 30.0 Å². The fourth-order valence-electron chi connectivity index (χ4n) is 3.78. The largest absolute Gasteiger partial charge is 0.486 e. The van der Waals surface area contributed by atoms with Gasteiger partial charge >= 0.3 is 0 Å². The van der Waals surface area contributed by atoms with Gasteiger partial charge in [-0.3, -0.25) is 10.1 Å². The molecule has 3 aromatic heterocycles. The van der Waals surface area contributed by atoms with Crippen LogP contribution in [0.3, 0.4) is 0 Å². The third-order valence-electron chi connectivity index (χ3n) is 5.41. The summed E-state index contributed by atoms with van der Waals surface area (Å²) in [6.07, 6.45) is 0. The number of rotatable bonds is 6. The zero-order valence-corrected chi connectivity index (χ0v) is 21.0. The average molecular weight is 522 g/mol. The molecule has 7 nitrogen and oxygen atoms in total. The van der Waals surface area contributed by atoms with E-state index in [4.69, 9.17) is 13.9 Å². The Morgan fingerprint density at radius 2 is 1.91 bits per heavy atom. The van der Waals surface area contributed by atoms with Crippen molar-refractivity contribution in [2.24, 2.45) is 0 Å². The second kappa shape index (κ2) is 9.37. The standard InChI is InChI=1S/C25H19N3O4S3/c1-14-11-34-25(26-14)35-12-17-16-4-2-3-5-19(16)32-22(17)23(29)28-24-27-18(13-33-24)15-6-7-20-21(10-15)31-9-8-30-20/h2-7,10-11,13H,8-9,12H2,1H3,(H,27,28,29). The van der Waals surface area contributed by atoms with Crippen LogP contribution in [0, 0.1) is 6.92 Å². The summed E-state index contributed by atoms with van der Waals surface area (Å²) in [6, 6.07) is 13.4. The minimum absolute atomic E-state index is 0.294. The number of nitrogens with one attached hydrogen (secondary N) is 1. The molecule has 35 heavy (non-hydrogen) atoms. The van der Waals surface area contributed by atoms with Gasteiger partial charge in [0, 0.05) is 38.7 Å². The van der Waals surface area contributed by atoms with E-state index in [2.05, 4.69) is 15.3 Å². The highest BCUT2D eigenvalue weighted by molar-refractivity contribution is 8.00. The molecule has 0 spiro atoms. The van der Waals surface area contributed by atoms with E-state index in [0.29, 0.717) is 41.2 Å². The molecule has 1 aliphatic rings. The Morgan fingerprint density at radius 1 is 1.06 bits per heavy atom. The van der Waals surface area contributed by atoms with Crippen LogP contribution in [-0.4, -0.2) is 29.1 Å². The van der Waals surface area contributed by atoms with E-state index < -0.39 is 0 Å². The van der Waals surface area contributed by atoms with Crippen molar-refractivity contribution in [2.45, 2.75) is 17.0 Å². The maximum absolute atomic E-state index is 13.3. The fourth-order valence-corrected chi connectivity index (χ4v) is 6.37. The summed E-state index contributed by atoms with van der Waals surface area (Å²) in [5.41, 5.74) is 4.16. The van der Waals surface area contributed by atoms with E-state index in [9.17, 15) is 4.79 Å². The SMILES string of the molecule is Cc1csc(SCc2c(C(=O)Nc3nc(-c4ccc5c(c4)OCCO5)cs3)oc3ccccc23)n1. The molecule has 0 atom stereocenters. The molecule has 0 unspecified atom stereocenters. The number of thioether (sulfide) groups is 1. The zero-order valence-electron chi connectivity index (χ0n) is 18.6. The molecule has 10 heteroatoms. The Balaban J connectivity index is 1.24. The van der Waals surface area contributed by atoms with Crippen LogP contribution in [0.2, 0.25) is 0 Å². The first kappa shape index (κ1) is 22.1. The third kappa shape index (κ3) is 4.52. The first-order valence-corrected chi connectivity index (χ1v) is 13.6. The first-order chi connectivity index (χ1) is 17.1. The van der Waals surface area contributed by atoms with Gasteiger partial charge in [0.25, 0.3) is 5.91 Å². The summed E-state index contributed by atoms with van der Waals surface area (Å²) in [4.78, 5) is 22.4. The molecule has 0 radical (unpaired) electrons. The molecule has 0 bridgehead atoms. The van der Waals surface area contributed by atoms with Gasteiger partial charge in [0.05, 0.1) is 5.69 Å². The van der Waals surface area contributed by atoms with Crippen molar-refractivity contribution in [3.8, 4) is 22.8 Å². The highest BCUT2D eigenvalue weighted by atomic mass is 32.2. The van der Waals surface area contributed by atoms with Crippen molar-refractivity contribution in [1.29, 1.82) is 0 Å². The normalized spacial score (nSPS) is 12.7. The van der Waals surface area contributed by atoms with Crippen molar-refractivity contribution in [2.75, 3.05) is 18.5 Å². The number of aromatic nitrogens is 2. The molecule has 6 rings (SSSR count). The van der Waals surface area contributed by atoms with Crippen molar-refractivity contribution in [1.82, 2.24) is 9.97 Å². The molecule has 5 aromatic rings. The monoisotopic (exact) mass is 521 g/mol. The topological polar surface area (TPSA) is 86.5 Å². The summed E-state index contributed by atoms with van der Waals surface area (Å²) in [6.45, 7) is 3.04. The number of amides is 1. The van der Waals surface area contributed by atoms with Gasteiger partial charge < -0.3 is 13.9 Å². The van der Waals surface area contributed by atoms with Crippen LogP contribution in [0.1, 0.15) is 21.8 Å². The van der Waals surface area contributed by atoms with E-state index in [1.54, 1.807) is 23.1 Å². The fraction of sp³-hybridized carbons (Fsp3) is 0.160. The number of carbonyl (C=O) groups excluding carboxylic acids is 1. The second-order valence-electron chi connectivity index (χ2n) is 7.80. The lowest BCUT2D eigenvalue weighted by Crippen LogP contribution is -2.15. The molecule has 1 N–H and O–H groups in total. The molecule has 0 aliphatic carbocycles. The van der Waals surface area contributed by atoms with Crippen LogP contribution in [0.25, 0.3) is 22.2 Å². The number of carbonyl (C=O) groups is 1. The van der Waals surface area contributed by atoms with Gasteiger partial charge in [-0.2, -0.15) is 0 Å². The Hall–Kier alpha value is -3.34. The van der Waals surface area contributed by atoms with E-state index in [1.807, 2.05) is 60.1 Å². The number of thiazole rings is 2. The number of ether oxygens (including phenoxy) is 2. The first-order valence-electron chi connectivity index (χ1n) is 10.9. The van der Waals surface area contributed by atoms with Crippen molar-refractivity contribution in [3.63, 3.8) is 0 Å². The molecule has 0 fully saturated rings. The third-order valence-corrected chi connectivity index (χ3v) is 8.33. The number of furan rings is 1. The van der Waals surface area contributed by atoms with Crippen molar-refractivity contribution < 1.29 is 18.7 Å². The summed E-state index contributed by atoms with van der Waals surface area (Å²) in [7, 11) is 0. The lowest BCUT2D eigenvalue weighted by molar-refractivity contribution is 0.0998. The van der Waals surface area contributed by atoms with Gasteiger partial charge in [0.15, 0.2) is 22.4 Å². The maximum atomic E-state index is 13.3. The van der Waals surface area contributed by atoms with Crippen LogP contribution in [0.4, 0.5) is 5.13 Å². The van der Waals surface area contributed by atoms with Crippen LogP contribution >= 0.6 is 34.4 Å². The van der Waals surface area contributed by atoms with Crippen LogP contribution in [0.5, 0.6) is 11.5 Å². The Labute approximate surface area is 213 Å². The number of fused-ring (bicyclic) bond motifs is 2. The number of aryl methyl sites for hydroxylation is 1. The van der Waals surface area contributed by atoms with Gasteiger partial charge in [0.2, 0.25) is 0 Å². The number of hydrogen-bond donors (Lipinski definition) is 1. The maximum Gasteiger partial charge on any atom is 0.293 e. The molecular weight excluding hydrogens is 502 g/mol. The number of anilines is 1. The van der Waals surface area contributed by atoms with Gasteiger partial charge in [0.1, 0.15) is 23.1 Å². The highest BCUT2D eigenvalue weighted by Gasteiger charge is 2.22. The lowest BCUT2D eigenvalue weighted by Gasteiger charge is -2.18. The quantitative estimate of drug-likeness (QED) is 0.251. The predicted octanol–water partition coefficient (Wildman–Crippen LogP) is 6.64. The Morgan fingerprint density at radius 3 is 2.77 bits per heavy atom. The second-order valence-corrected chi connectivity index (χ2v) is 10.7. The van der Waals surface area contributed by atoms with Gasteiger partial charge in [-0.25, -0.2) is 9.97 Å². The average Bonchev–Trinajstić information content (AvgIpc) is 3.61. The van der Waals surface area contributed by atoms with E-state index in [1.165, 1.54) is 11.3 Å². The van der Waals surface area contributed by atoms with Crippen LogP contribution in [0.15, 0.2) is 62.0 Å². The van der Waals surface area contributed by atoms with Crippen LogP contribution < -0.4 is 14.8 Å². The molecule has 2 aromatic carbocycles. The summed E-state index contributed by atoms with van der Waals surface area (Å²) >= 11 is 4.56. The molecular formula is C25H19N3O4S3. The molecule has 0 saturated heterocycles. The lowest BCUT2D eigenvalue weighted by atomic mass is 10.1. The van der Waals surface area contributed by atoms with E-state index >= 15 is 0 Å². The van der Waals surface area contributed by atoms with Crippen LogP contribution in [-0.2, 0) is 5.75 Å². The van der Waals surface area contributed by atoms with E-state index in [-0.39, 0.29) is 5.91 Å². The summed E-state index contributed by atoms with van der Waals surface area (Å²) in [5.74, 6) is 1.98. The Kier molecular flexibility index (Phi) is 5.93. The molecule has 1 amide bonds. The number of hydrogen-bond acceptors (Lipinski definition) is 9. The molecule has 4 heterocycles. The zero-order chi connectivity index (χ0) is 23.8. The van der Waals surface area contributed by atoms with Gasteiger partial charge in [-0.15, -0.1) is 22.7 Å². The summed E-state index contributed by atoms with van der Waals surface area (Å²) in [5, 5.41) is 8.25. The van der Waals surface area contributed by atoms with Crippen molar-refractivity contribution >= 4 is 56.4 Å².